The molecular weight excluding hydrogens is 358 g/mol. The van der Waals surface area contributed by atoms with Crippen molar-refractivity contribution in [2.75, 3.05) is 7.11 Å². The number of methoxy groups -OCH3 is 1. The van der Waals surface area contributed by atoms with Crippen LogP contribution in [0.15, 0.2) is 42.5 Å². The number of benzene rings is 2. The van der Waals surface area contributed by atoms with Crippen molar-refractivity contribution in [1.82, 2.24) is 0 Å². The summed E-state index contributed by atoms with van der Waals surface area (Å²) in [7, 11) is 1.73. The Morgan fingerprint density at radius 3 is 2.83 bits per heavy atom. The van der Waals surface area contributed by atoms with Gasteiger partial charge < -0.3 is 9.47 Å². The largest absolute Gasteiger partial charge is 0.497 e. The average Bonchev–Trinajstić information content (AvgIpc) is 3.04. The molecule has 0 bridgehead atoms. The Labute approximate surface area is 175 Å². The van der Waals surface area contributed by atoms with Gasteiger partial charge in [0.05, 0.1) is 14.0 Å². The van der Waals surface area contributed by atoms with E-state index in [0.717, 1.165) is 37.9 Å². The van der Waals surface area contributed by atoms with Crippen LogP contribution < -0.4 is 9.47 Å². The predicted octanol–water partition coefficient (Wildman–Crippen LogP) is 5.87. The smallest absolute Gasteiger partial charge is 0.137 e. The molecule has 0 heterocycles. The third kappa shape index (κ3) is 2.92. The monoisotopic (exact) mass is 388 g/mol. The lowest BCUT2D eigenvalue weighted by atomic mass is 9.55. The molecule has 0 N–H and O–H groups in total. The highest BCUT2D eigenvalue weighted by Crippen LogP contribution is 2.61. The molecule has 3 aliphatic rings. The van der Waals surface area contributed by atoms with Crippen LogP contribution in [0.3, 0.4) is 0 Å². The number of para-hydroxylation sites is 1. The normalized spacial score (nSPS) is 35.5. The summed E-state index contributed by atoms with van der Waals surface area (Å²) in [6, 6.07) is 16.1. The lowest BCUT2D eigenvalue weighted by Crippen LogP contribution is -2.45. The summed E-state index contributed by atoms with van der Waals surface area (Å²) in [5, 5.41) is 9.46. The quantitative estimate of drug-likeness (QED) is 0.660. The number of nitriles is 1. The molecule has 2 aromatic rings. The minimum absolute atomic E-state index is 0.194. The number of nitrogens with zero attached hydrogens (tertiary/aromatic N) is 1. The van der Waals surface area contributed by atoms with Crippen LogP contribution >= 0.6 is 0 Å². The van der Waals surface area contributed by atoms with Gasteiger partial charge in [0.15, 0.2) is 0 Å². The van der Waals surface area contributed by atoms with E-state index < -0.39 is 6.08 Å². The van der Waals surface area contributed by atoms with E-state index in [1.54, 1.807) is 13.2 Å². The number of hydrogen-bond acceptors (Lipinski definition) is 3. The van der Waals surface area contributed by atoms with E-state index in [-0.39, 0.29) is 5.41 Å². The second-order valence-corrected chi connectivity index (χ2v) is 9.11. The third-order valence-corrected chi connectivity index (χ3v) is 7.88. The maximum atomic E-state index is 9.46. The summed E-state index contributed by atoms with van der Waals surface area (Å²) < 4.78 is 21.2. The van der Waals surface area contributed by atoms with Gasteiger partial charge >= 0.3 is 0 Å². The van der Waals surface area contributed by atoms with Crippen molar-refractivity contribution in [2.45, 2.75) is 57.4 Å². The van der Waals surface area contributed by atoms with Crippen LogP contribution in [0.5, 0.6) is 11.5 Å². The van der Waals surface area contributed by atoms with Crippen molar-refractivity contribution < 1.29 is 10.8 Å². The van der Waals surface area contributed by atoms with Crippen molar-refractivity contribution in [2.24, 2.45) is 17.3 Å². The van der Waals surface area contributed by atoms with Crippen molar-refractivity contribution in [3.8, 4) is 17.6 Å². The molecule has 2 aromatic carbocycles. The molecule has 3 heteroatoms. The van der Waals surface area contributed by atoms with Gasteiger partial charge in [-0.1, -0.05) is 25.1 Å². The molecular formula is C26H29NO2. The fraction of sp³-hybridized carbons (Fsp3) is 0.500. The number of rotatable bonds is 3. The lowest BCUT2D eigenvalue weighted by Gasteiger charge is -2.50. The number of aryl methyl sites for hydroxylation is 1. The van der Waals surface area contributed by atoms with Crippen molar-refractivity contribution in [3.63, 3.8) is 0 Å². The number of hydrogen-bond donors (Lipinski definition) is 0. The third-order valence-electron chi connectivity index (χ3n) is 7.88. The van der Waals surface area contributed by atoms with Crippen LogP contribution in [0.25, 0.3) is 0 Å². The standard InChI is InChI=1S/C26H29NO2/c1-26-14-13-21-20-10-8-19(28-2)15-17(20)7-9-22(21)23(26)11-12-25(26)29-24-6-4-3-5-18(24)16-27/h3-6,8,10,15,21-23,25H,7,9,11-14H2,1-2H3/t21-,22-,23+,25?,26+/m1/s1/i25D. The molecule has 3 aliphatic carbocycles. The molecule has 5 atom stereocenters. The Kier molecular flexibility index (Phi) is 4.26. The first-order valence-corrected chi connectivity index (χ1v) is 10.8. The predicted molar refractivity (Wildman–Crippen MR) is 113 cm³/mol. The molecule has 3 nitrogen and oxygen atoms in total. The molecule has 0 radical (unpaired) electrons. The molecule has 2 fully saturated rings. The van der Waals surface area contributed by atoms with E-state index in [1.807, 2.05) is 18.2 Å². The summed E-state index contributed by atoms with van der Waals surface area (Å²) in [5.41, 5.74) is 3.26. The first-order valence-electron chi connectivity index (χ1n) is 11.3. The number of fused-ring (bicyclic) bond motifs is 5. The summed E-state index contributed by atoms with van der Waals surface area (Å²) in [5.74, 6) is 3.17. The van der Waals surface area contributed by atoms with Gasteiger partial charge in [0.1, 0.15) is 23.6 Å². The van der Waals surface area contributed by atoms with Gasteiger partial charge in [0.2, 0.25) is 0 Å². The van der Waals surface area contributed by atoms with Gasteiger partial charge in [-0.2, -0.15) is 5.26 Å². The second kappa shape index (κ2) is 7.10. The van der Waals surface area contributed by atoms with Gasteiger partial charge in [0.25, 0.3) is 0 Å². The average molecular weight is 389 g/mol. The number of ether oxygens (including phenoxy) is 2. The van der Waals surface area contributed by atoms with Crippen LogP contribution in [0.4, 0.5) is 0 Å². The first kappa shape index (κ1) is 17.4. The zero-order chi connectivity index (χ0) is 20.9. The van der Waals surface area contributed by atoms with Crippen LogP contribution in [-0.4, -0.2) is 13.2 Å². The Hall–Kier alpha value is -2.47. The van der Waals surface area contributed by atoms with Gasteiger partial charge in [0, 0.05) is 5.41 Å². The highest BCUT2D eigenvalue weighted by molar-refractivity contribution is 5.43. The van der Waals surface area contributed by atoms with Gasteiger partial charge in [-0.25, -0.2) is 0 Å². The molecule has 29 heavy (non-hydrogen) atoms. The van der Waals surface area contributed by atoms with Gasteiger partial charge in [-0.3, -0.25) is 0 Å². The summed E-state index contributed by atoms with van der Waals surface area (Å²) in [4.78, 5) is 0. The summed E-state index contributed by atoms with van der Waals surface area (Å²) in [6.07, 6.45) is 5.13. The zero-order valence-corrected chi connectivity index (χ0v) is 17.3. The molecule has 0 aliphatic heterocycles. The van der Waals surface area contributed by atoms with Gasteiger partial charge in [-0.05, 0) is 91.7 Å². The zero-order valence-electron chi connectivity index (χ0n) is 18.3. The summed E-state index contributed by atoms with van der Waals surface area (Å²) >= 11 is 0. The van der Waals surface area contributed by atoms with E-state index in [4.69, 9.17) is 9.47 Å². The van der Waals surface area contributed by atoms with E-state index in [1.165, 1.54) is 17.5 Å². The second-order valence-electron chi connectivity index (χ2n) is 9.11. The molecule has 5 rings (SSSR count). The van der Waals surface area contributed by atoms with E-state index in [9.17, 15) is 6.63 Å². The van der Waals surface area contributed by atoms with Crippen LogP contribution in [-0.2, 0) is 6.42 Å². The molecule has 150 valence electrons. The maximum absolute atomic E-state index is 9.46. The maximum Gasteiger partial charge on any atom is 0.137 e. The van der Waals surface area contributed by atoms with Crippen molar-refractivity contribution >= 4 is 0 Å². The molecule has 0 amide bonds. The Bertz CT molecular complexity index is 1010. The van der Waals surface area contributed by atoms with E-state index in [0.29, 0.717) is 29.1 Å². The molecule has 0 spiro atoms. The molecule has 2 saturated carbocycles. The first-order chi connectivity index (χ1) is 14.5. The minimum Gasteiger partial charge on any atom is -0.497 e. The fourth-order valence-corrected chi connectivity index (χ4v) is 6.41. The van der Waals surface area contributed by atoms with Crippen molar-refractivity contribution in [1.29, 1.82) is 5.26 Å². The van der Waals surface area contributed by atoms with Crippen LogP contribution in [0, 0.1) is 28.6 Å². The molecule has 0 saturated heterocycles. The molecule has 1 unspecified atom stereocenters. The SMILES string of the molecule is [2H]C1(Oc2ccccc2C#N)CC[C@H]2[C@@H]3CCc4cc(OC)ccc4[C@H]3CC[C@@]21C. The lowest BCUT2D eigenvalue weighted by molar-refractivity contribution is -0.0108. The Morgan fingerprint density at radius 2 is 2.00 bits per heavy atom. The fourth-order valence-electron chi connectivity index (χ4n) is 6.41. The minimum atomic E-state index is -0.976. The van der Waals surface area contributed by atoms with Crippen LogP contribution in [0.2, 0.25) is 0 Å². The van der Waals surface area contributed by atoms with E-state index >= 15 is 0 Å². The topological polar surface area (TPSA) is 42.2 Å². The Balaban J connectivity index is 1.44. The highest BCUT2D eigenvalue weighted by atomic mass is 16.5. The van der Waals surface area contributed by atoms with Crippen molar-refractivity contribution in [3.05, 3.63) is 59.2 Å². The van der Waals surface area contributed by atoms with Crippen LogP contribution in [0.1, 0.15) is 63.0 Å². The van der Waals surface area contributed by atoms with E-state index in [2.05, 4.69) is 31.2 Å². The van der Waals surface area contributed by atoms with Gasteiger partial charge in [-0.15, -0.1) is 0 Å². The highest BCUT2D eigenvalue weighted by Gasteiger charge is 2.55. The molecule has 0 aromatic heterocycles. The summed E-state index contributed by atoms with van der Waals surface area (Å²) in [6.45, 7) is 2.27. The Morgan fingerprint density at radius 1 is 1.14 bits per heavy atom.